The quantitative estimate of drug-likeness (QED) is 0.769. The first-order valence-corrected chi connectivity index (χ1v) is 6.98. The van der Waals surface area contributed by atoms with E-state index in [0.29, 0.717) is 25.9 Å². The second kappa shape index (κ2) is 6.03. The Kier molecular flexibility index (Phi) is 4.57. The standard InChI is InChI=1S/C13H20F2N2O3/c14-13(15,8-18)7-16-11(19)10-2-1-5-17(6-10)12(20)9-3-4-9/h9-10,18H,1-8H2,(H,16,19). The van der Waals surface area contributed by atoms with E-state index in [1.54, 1.807) is 4.90 Å². The zero-order chi connectivity index (χ0) is 14.8. The second-order valence-corrected chi connectivity index (χ2v) is 5.63. The molecule has 0 aromatic carbocycles. The molecule has 1 unspecified atom stereocenters. The molecule has 1 saturated carbocycles. The van der Waals surface area contributed by atoms with Crippen molar-refractivity contribution in [3.8, 4) is 0 Å². The molecule has 1 aliphatic carbocycles. The lowest BCUT2D eigenvalue weighted by molar-refractivity contribution is -0.137. The molecule has 0 radical (unpaired) electrons. The molecule has 0 aromatic heterocycles. The molecule has 1 saturated heterocycles. The summed E-state index contributed by atoms with van der Waals surface area (Å²) < 4.78 is 25.7. The van der Waals surface area contributed by atoms with Crippen LogP contribution < -0.4 is 5.32 Å². The van der Waals surface area contributed by atoms with Crippen molar-refractivity contribution in [3.05, 3.63) is 0 Å². The lowest BCUT2D eigenvalue weighted by Gasteiger charge is -2.32. The number of hydrogen-bond donors (Lipinski definition) is 2. The van der Waals surface area contributed by atoms with E-state index in [4.69, 9.17) is 5.11 Å². The number of rotatable bonds is 5. The van der Waals surface area contributed by atoms with Crippen LogP contribution in [-0.2, 0) is 9.59 Å². The summed E-state index contributed by atoms with van der Waals surface area (Å²) in [6.07, 6.45) is 3.14. The number of halogens is 2. The van der Waals surface area contributed by atoms with Crippen molar-refractivity contribution in [1.82, 2.24) is 10.2 Å². The fourth-order valence-electron chi connectivity index (χ4n) is 2.40. The number of nitrogens with zero attached hydrogens (tertiary/aromatic N) is 1. The maximum absolute atomic E-state index is 12.9. The zero-order valence-electron chi connectivity index (χ0n) is 11.3. The minimum absolute atomic E-state index is 0.0863. The normalized spacial score (nSPS) is 23.6. The van der Waals surface area contributed by atoms with E-state index < -0.39 is 30.9 Å². The fraction of sp³-hybridized carbons (Fsp3) is 0.846. The van der Waals surface area contributed by atoms with Crippen LogP contribution in [0.5, 0.6) is 0 Å². The van der Waals surface area contributed by atoms with Gasteiger partial charge in [0, 0.05) is 19.0 Å². The maximum atomic E-state index is 12.9. The number of alkyl halides is 2. The number of amides is 2. The van der Waals surface area contributed by atoms with Crippen LogP contribution in [0.1, 0.15) is 25.7 Å². The van der Waals surface area contributed by atoms with E-state index in [-0.39, 0.29) is 11.8 Å². The van der Waals surface area contributed by atoms with Gasteiger partial charge in [0.05, 0.1) is 12.5 Å². The van der Waals surface area contributed by atoms with E-state index in [1.807, 2.05) is 0 Å². The molecule has 2 rings (SSSR count). The molecule has 2 fully saturated rings. The number of aliphatic hydroxyl groups excluding tert-OH is 1. The van der Waals surface area contributed by atoms with Gasteiger partial charge in [-0.25, -0.2) is 8.78 Å². The summed E-state index contributed by atoms with van der Waals surface area (Å²) in [5.74, 6) is -4.00. The number of piperidine rings is 1. The molecule has 0 spiro atoms. The number of nitrogens with one attached hydrogen (secondary N) is 1. The highest BCUT2D eigenvalue weighted by atomic mass is 19.3. The van der Waals surface area contributed by atoms with Crippen LogP contribution in [0.15, 0.2) is 0 Å². The average molecular weight is 290 g/mol. The molecule has 5 nitrogen and oxygen atoms in total. The van der Waals surface area contributed by atoms with Crippen molar-refractivity contribution >= 4 is 11.8 Å². The Bertz CT molecular complexity index is 386. The summed E-state index contributed by atoms with van der Waals surface area (Å²) in [5.41, 5.74) is 0. The zero-order valence-corrected chi connectivity index (χ0v) is 11.3. The minimum atomic E-state index is -3.30. The lowest BCUT2D eigenvalue weighted by Crippen LogP contribution is -2.48. The summed E-state index contributed by atoms with van der Waals surface area (Å²) in [5, 5.41) is 10.6. The van der Waals surface area contributed by atoms with Crippen molar-refractivity contribution in [2.24, 2.45) is 11.8 Å². The van der Waals surface area contributed by atoms with E-state index in [0.717, 1.165) is 12.8 Å². The van der Waals surface area contributed by atoms with Gasteiger partial charge >= 0.3 is 0 Å². The van der Waals surface area contributed by atoms with Gasteiger partial charge in [-0.1, -0.05) is 0 Å². The molecule has 114 valence electrons. The molecule has 2 N–H and O–H groups in total. The minimum Gasteiger partial charge on any atom is -0.390 e. The number of hydrogen-bond acceptors (Lipinski definition) is 3. The van der Waals surface area contributed by atoms with Gasteiger partial charge in [0.15, 0.2) is 0 Å². The summed E-state index contributed by atoms with van der Waals surface area (Å²) in [6.45, 7) is -1.20. The van der Waals surface area contributed by atoms with Gasteiger partial charge in [-0.2, -0.15) is 0 Å². The third-order valence-electron chi connectivity index (χ3n) is 3.78. The molecule has 20 heavy (non-hydrogen) atoms. The van der Waals surface area contributed by atoms with Crippen LogP contribution in [0.4, 0.5) is 8.78 Å². The Morgan fingerprint density at radius 3 is 2.55 bits per heavy atom. The van der Waals surface area contributed by atoms with Crippen LogP contribution >= 0.6 is 0 Å². The van der Waals surface area contributed by atoms with Crippen LogP contribution in [0.3, 0.4) is 0 Å². The Morgan fingerprint density at radius 2 is 1.95 bits per heavy atom. The largest absolute Gasteiger partial charge is 0.390 e. The third kappa shape index (κ3) is 3.88. The van der Waals surface area contributed by atoms with Gasteiger partial charge in [-0.3, -0.25) is 9.59 Å². The Morgan fingerprint density at radius 1 is 1.25 bits per heavy atom. The van der Waals surface area contributed by atoms with Crippen LogP contribution in [-0.4, -0.2) is 54.0 Å². The topological polar surface area (TPSA) is 69.6 Å². The summed E-state index contributed by atoms with van der Waals surface area (Å²) in [4.78, 5) is 25.5. The second-order valence-electron chi connectivity index (χ2n) is 5.63. The van der Waals surface area contributed by atoms with E-state index >= 15 is 0 Å². The highest BCUT2D eigenvalue weighted by Crippen LogP contribution is 2.32. The van der Waals surface area contributed by atoms with Gasteiger partial charge < -0.3 is 15.3 Å². The van der Waals surface area contributed by atoms with Crippen molar-refractivity contribution in [2.75, 3.05) is 26.2 Å². The number of likely N-dealkylation sites (tertiary alicyclic amines) is 1. The first-order valence-electron chi connectivity index (χ1n) is 6.98. The molecule has 1 heterocycles. The highest BCUT2D eigenvalue weighted by molar-refractivity contribution is 5.83. The molecular weight excluding hydrogens is 270 g/mol. The van der Waals surface area contributed by atoms with Crippen LogP contribution in [0.2, 0.25) is 0 Å². The SMILES string of the molecule is O=C(NCC(F)(F)CO)C1CCCN(C(=O)C2CC2)C1. The van der Waals surface area contributed by atoms with Gasteiger partial charge in [0.2, 0.25) is 11.8 Å². The van der Waals surface area contributed by atoms with E-state index in [9.17, 15) is 18.4 Å². The maximum Gasteiger partial charge on any atom is 0.287 e. The number of aliphatic hydroxyl groups is 1. The first kappa shape index (κ1) is 15.2. The summed E-state index contributed by atoms with van der Waals surface area (Å²) in [6, 6.07) is 0. The Balaban J connectivity index is 1.82. The predicted molar refractivity (Wildman–Crippen MR) is 67.1 cm³/mol. The molecule has 0 bridgehead atoms. The van der Waals surface area contributed by atoms with Crippen molar-refractivity contribution < 1.29 is 23.5 Å². The van der Waals surface area contributed by atoms with E-state index in [2.05, 4.69) is 5.32 Å². The summed E-state index contributed by atoms with van der Waals surface area (Å²) in [7, 11) is 0. The predicted octanol–water partition coefficient (Wildman–Crippen LogP) is 0.379. The first-order chi connectivity index (χ1) is 9.43. The van der Waals surface area contributed by atoms with Gasteiger partial charge in [-0.05, 0) is 25.7 Å². The molecule has 7 heteroatoms. The Labute approximate surface area is 116 Å². The average Bonchev–Trinajstić information content (AvgIpc) is 3.29. The highest BCUT2D eigenvalue weighted by Gasteiger charge is 2.37. The molecule has 2 amide bonds. The number of carbonyl (C=O) groups is 2. The van der Waals surface area contributed by atoms with Crippen molar-refractivity contribution in [3.63, 3.8) is 0 Å². The fourth-order valence-corrected chi connectivity index (χ4v) is 2.40. The van der Waals surface area contributed by atoms with Crippen molar-refractivity contribution in [1.29, 1.82) is 0 Å². The molecule has 0 aromatic rings. The van der Waals surface area contributed by atoms with Gasteiger partial charge in [-0.15, -0.1) is 0 Å². The van der Waals surface area contributed by atoms with Crippen LogP contribution in [0.25, 0.3) is 0 Å². The molecular formula is C13H20F2N2O3. The monoisotopic (exact) mass is 290 g/mol. The van der Waals surface area contributed by atoms with Gasteiger partial charge in [0.25, 0.3) is 5.92 Å². The van der Waals surface area contributed by atoms with Crippen LogP contribution in [0, 0.1) is 11.8 Å². The third-order valence-corrected chi connectivity index (χ3v) is 3.78. The summed E-state index contributed by atoms with van der Waals surface area (Å²) >= 11 is 0. The molecule has 2 aliphatic rings. The van der Waals surface area contributed by atoms with E-state index in [1.165, 1.54) is 0 Å². The molecule has 1 atom stereocenters. The Hall–Kier alpha value is -1.24. The smallest absolute Gasteiger partial charge is 0.287 e. The number of carbonyl (C=O) groups excluding carboxylic acids is 2. The van der Waals surface area contributed by atoms with Crippen molar-refractivity contribution in [2.45, 2.75) is 31.6 Å². The molecule has 1 aliphatic heterocycles. The lowest BCUT2D eigenvalue weighted by atomic mass is 9.96. The van der Waals surface area contributed by atoms with Gasteiger partial charge in [0.1, 0.15) is 6.61 Å².